The van der Waals surface area contributed by atoms with Gasteiger partial charge in [-0.05, 0) is 25.1 Å². The zero-order chi connectivity index (χ0) is 21.6. The number of aromatic nitrogens is 4. The van der Waals surface area contributed by atoms with Gasteiger partial charge in [0.2, 0.25) is 0 Å². The number of rotatable bonds is 0. The van der Waals surface area contributed by atoms with Crippen LogP contribution in [0.15, 0.2) is 29.3 Å². The highest BCUT2D eigenvalue weighted by Crippen LogP contribution is 2.34. The number of hydrogen-bond donors (Lipinski definition) is 2. The molecule has 0 saturated heterocycles. The van der Waals surface area contributed by atoms with E-state index < -0.39 is 21.7 Å². The van der Waals surface area contributed by atoms with E-state index in [4.69, 9.17) is 15.3 Å². The molecule has 2 bridgehead atoms. The number of benzene rings is 1. The highest BCUT2D eigenvalue weighted by atomic mass is 32.2. The zero-order valence-corrected chi connectivity index (χ0v) is 17.0. The van der Waals surface area contributed by atoms with Crippen molar-refractivity contribution >= 4 is 15.5 Å². The number of ether oxygens (including phenoxy) is 1. The van der Waals surface area contributed by atoms with Gasteiger partial charge in [0.25, 0.3) is 5.88 Å². The van der Waals surface area contributed by atoms with E-state index in [-0.39, 0.29) is 40.0 Å². The maximum Gasteiger partial charge on any atom is 0.258 e. The molecule has 2 atom stereocenters. The van der Waals surface area contributed by atoms with Crippen LogP contribution in [0.3, 0.4) is 0 Å². The quantitative estimate of drug-likeness (QED) is 0.561. The van der Waals surface area contributed by atoms with E-state index in [9.17, 15) is 13.9 Å². The molecule has 3 heterocycles. The Morgan fingerprint density at radius 3 is 2.97 bits per heavy atom. The van der Waals surface area contributed by atoms with Gasteiger partial charge in [-0.25, -0.2) is 23.3 Å². The van der Waals surface area contributed by atoms with Crippen LogP contribution in [0.1, 0.15) is 30.0 Å². The molecule has 154 valence electrons. The molecule has 0 aliphatic carbocycles. The third-order valence-corrected chi connectivity index (χ3v) is 6.79. The van der Waals surface area contributed by atoms with Gasteiger partial charge in [0.1, 0.15) is 23.7 Å². The Morgan fingerprint density at radius 1 is 1.47 bits per heavy atom. The van der Waals surface area contributed by atoms with Crippen LogP contribution >= 0.6 is 0 Å². The van der Waals surface area contributed by atoms with Gasteiger partial charge in [0.05, 0.1) is 37.8 Å². The number of nitrogens with two attached hydrogens (primary N) is 1. The molecule has 3 aromatic rings. The minimum Gasteiger partial charge on any atom is -0.467 e. The molecule has 3 N–H and O–H groups in total. The minimum absolute atomic E-state index is 0.00837. The Bertz CT molecular complexity index is 1310. The molecule has 1 aliphatic rings. The third-order valence-electron chi connectivity index (χ3n) is 4.93. The van der Waals surface area contributed by atoms with Crippen LogP contribution in [-0.4, -0.2) is 29.7 Å². The fourth-order valence-electron chi connectivity index (χ4n) is 3.46. The lowest BCUT2D eigenvalue weighted by Gasteiger charge is -2.21. The standard InChI is InChI=1S/C19H18FN7O2S/c1-10-12-7-11(20)3-4-16(12)30(23,28)6-5-13-17(15(8-21)27(2)26-13)14-9-24-18(22)19(25-14)29-10/h3-4,7,9-10,23H,5-6H2,1-2H3,(H2,22,24)/t10-,30?/m1/s1. The van der Waals surface area contributed by atoms with E-state index in [0.29, 0.717) is 17.0 Å². The Balaban J connectivity index is 1.99. The van der Waals surface area contributed by atoms with Crippen LogP contribution < -0.4 is 10.5 Å². The van der Waals surface area contributed by atoms with Gasteiger partial charge in [-0.3, -0.25) is 4.68 Å². The monoisotopic (exact) mass is 427 g/mol. The molecular formula is C19H18FN7O2S. The van der Waals surface area contributed by atoms with Crippen molar-refractivity contribution in [1.29, 1.82) is 10.0 Å². The average Bonchev–Trinajstić information content (AvgIpc) is 3.02. The fraction of sp³-hybridized carbons (Fsp3) is 0.263. The second-order valence-electron chi connectivity index (χ2n) is 6.92. The van der Waals surface area contributed by atoms with Crippen molar-refractivity contribution in [1.82, 2.24) is 19.7 Å². The highest BCUT2D eigenvalue weighted by Gasteiger charge is 2.27. The molecule has 0 saturated carbocycles. The summed E-state index contributed by atoms with van der Waals surface area (Å²) in [7, 11) is -1.69. The van der Waals surface area contributed by atoms with Crippen LogP contribution in [0.4, 0.5) is 10.2 Å². The molecule has 0 fully saturated rings. The second kappa shape index (κ2) is 7.07. The van der Waals surface area contributed by atoms with Gasteiger partial charge < -0.3 is 10.5 Å². The number of nitrogens with zero attached hydrogens (tertiary/aromatic N) is 5. The summed E-state index contributed by atoms with van der Waals surface area (Å²) in [4.78, 5) is 8.73. The number of halogens is 1. The second-order valence-corrected chi connectivity index (χ2v) is 9.12. The molecule has 1 aromatic carbocycles. The fourth-order valence-corrected chi connectivity index (χ4v) is 5.05. The molecule has 1 aliphatic heterocycles. The average molecular weight is 427 g/mol. The van der Waals surface area contributed by atoms with E-state index in [1.54, 1.807) is 14.0 Å². The van der Waals surface area contributed by atoms with Crippen LogP contribution in [0.25, 0.3) is 11.3 Å². The maximum absolute atomic E-state index is 14.0. The van der Waals surface area contributed by atoms with E-state index in [2.05, 4.69) is 21.1 Å². The van der Waals surface area contributed by atoms with Gasteiger partial charge in [-0.15, -0.1) is 0 Å². The third kappa shape index (κ3) is 3.25. The lowest BCUT2D eigenvalue weighted by Crippen LogP contribution is -2.16. The largest absolute Gasteiger partial charge is 0.467 e. The van der Waals surface area contributed by atoms with E-state index in [0.717, 1.165) is 0 Å². The summed E-state index contributed by atoms with van der Waals surface area (Å²) < 4.78 is 43.0. The lowest BCUT2D eigenvalue weighted by molar-refractivity contribution is 0.215. The zero-order valence-electron chi connectivity index (χ0n) is 16.2. The Kier molecular flexibility index (Phi) is 4.66. The molecule has 11 heteroatoms. The summed E-state index contributed by atoms with van der Waals surface area (Å²) in [6, 6.07) is 5.80. The number of nitrogen functional groups attached to an aromatic ring is 1. The maximum atomic E-state index is 14.0. The summed E-state index contributed by atoms with van der Waals surface area (Å²) in [5, 5.41) is 14.0. The first-order valence-corrected chi connectivity index (χ1v) is 10.8. The topological polar surface area (TPSA) is 144 Å². The number of nitrogens with one attached hydrogen (secondary N) is 1. The number of fused-ring (bicyclic) bond motifs is 5. The summed E-state index contributed by atoms with van der Waals surface area (Å²) in [5.41, 5.74) is 7.66. The van der Waals surface area contributed by atoms with Crippen molar-refractivity contribution in [2.75, 3.05) is 11.5 Å². The van der Waals surface area contributed by atoms with Gasteiger partial charge in [0, 0.05) is 24.8 Å². The first-order chi connectivity index (χ1) is 14.2. The summed E-state index contributed by atoms with van der Waals surface area (Å²) in [6.07, 6.45) is 0.767. The Hall–Kier alpha value is -3.52. The predicted octanol–water partition coefficient (Wildman–Crippen LogP) is 2.57. The van der Waals surface area contributed by atoms with Crippen molar-refractivity contribution in [3.63, 3.8) is 0 Å². The number of anilines is 1. The number of hydrogen-bond acceptors (Lipinski definition) is 8. The van der Waals surface area contributed by atoms with Crippen molar-refractivity contribution in [2.45, 2.75) is 24.3 Å². The molecule has 0 spiro atoms. The van der Waals surface area contributed by atoms with Gasteiger partial charge in [-0.1, -0.05) is 0 Å². The Morgan fingerprint density at radius 2 is 2.23 bits per heavy atom. The first-order valence-electron chi connectivity index (χ1n) is 9.02. The van der Waals surface area contributed by atoms with Crippen molar-refractivity contribution < 1.29 is 13.3 Å². The highest BCUT2D eigenvalue weighted by molar-refractivity contribution is 7.92. The van der Waals surface area contributed by atoms with Crippen molar-refractivity contribution in [3.8, 4) is 23.2 Å². The predicted molar refractivity (Wildman–Crippen MR) is 107 cm³/mol. The van der Waals surface area contributed by atoms with Crippen LogP contribution in [0, 0.1) is 21.9 Å². The number of aryl methyl sites for hydroxylation is 2. The first kappa shape index (κ1) is 19.8. The normalized spacial score (nSPS) is 20.7. The van der Waals surface area contributed by atoms with Crippen molar-refractivity contribution in [2.24, 2.45) is 7.05 Å². The summed E-state index contributed by atoms with van der Waals surface area (Å²) in [6.45, 7) is 1.63. The smallest absolute Gasteiger partial charge is 0.258 e. The number of nitriles is 1. The van der Waals surface area contributed by atoms with Gasteiger partial charge in [0.15, 0.2) is 5.82 Å². The van der Waals surface area contributed by atoms with Crippen LogP contribution in [0.2, 0.25) is 0 Å². The molecule has 9 nitrogen and oxygen atoms in total. The van der Waals surface area contributed by atoms with E-state index >= 15 is 0 Å². The molecule has 30 heavy (non-hydrogen) atoms. The summed E-state index contributed by atoms with van der Waals surface area (Å²) in [5.74, 6) is -0.602. The summed E-state index contributed by atoms with van der Waals surface area (Å²) >= 11 is 0. The van der Waals surface area contributed by atoms with Crippen molar-refractivity contribution in [3.05, 3.63) is 47.2 Å². The molecule has 0 radical (unpaired) electrons. The SMILES string of the molecule is C[C@H]1Oc2nc(cnc2N)-c2c(nn(C)c2C#N)CCS(=N)(=O)c2ccc(F)cc21. The van der Waals surface area contributed by atoms with E-state index in [1.165, 1.54) is 29.1 Å². The van der Waals surface area contributed by atoms with Gasteiger partial charge >= 0.3 is 0 Å². The molecule has 4 rings (SSSR count). The molecule has 0 amide bonds. The van der Waals surface area contributed by atoms with Gasteiger partial charge in [-0.2, -0.15) is 10.4 Å². The molecule has 1 unspecified atom stereocenters. The van der Waals surface area contributed by atoms with Crippen LogP contribution in [0.5, 0.6) is 5.88 Å². The lowest BCUT2D eigenvalue weighted by atomic mass is 10.1. The van der Waals surface area contributed by atoms with E-state index in [1.807, 2.05) is 0 Å². The minimum atomic E-state index is -3.31. The Labute approximate surface area is 172 Å². The molecule has 2 aromatic heterocycles. The van der Waals surface area contributed by atoms with Crippen LogP contribution in [-0.2, 0) is 23.2 Å². The molecular weight excluding hydrogens is 409 g/mol.